The molecule has 1 aromatic heterocycles. The number of hydrogen-bond acceptors (Lipinski definition) is 4. The quantitative estimate of drug-likeness (QED) is 0.566. The largest absolute Gasteiger partial charge is 0.497 e. The van der Waals surface area contributed by atoms with Crippen LogP contribution in [0.15, 0.2) is 59.6 Å². The van der Waals surface area contributed by atoms with Gasteiger partial charge in [0, 0.05) is 17.1 Å². The molecule has 0 saturated heterocycles. The summed E-state index contributed by atoms with van der Waals surface area (Å²) < 4.78 is 33.0. The van der Waals surface area contributed by atoms with Gasteiger partial charge in [0.15, 0.2) is 0 Å². The number of nitrogens with one attached hydrogen (secondary N) is 3. The minimum atomic E-state index is -3.87. The van der Waals surface area contributed by atoms with E-state index in [1.54, 1.807) is 38.2 Å². The molecule has 0 aliphatic heterocycles. The van der Waals surface area contributed by atoms with Gasteiger partial charge in [0.25, 0.3) is 0 Å². The van der Waals surface area contributed by atoms with Crippen molar-refractivity contribution < 1.29 is 17.9 Å². The molecular weight excluding hydrogens is 378 g/mol. The monoisotopic (exact) mass is 401 g/mol. The standard InChI is InChI=1S/C20H23N3O4S/c1-13(2)19(23-28(25,26)15-9-7-14(27-3)8-10-15)20(24)22-18-6-4-5-17-16(18)11-12-21-17/h4-13,19,21,23H,1-3H3,(H,22,24)/t19-/m0/s1. The van der Waals surface area contributed by atoms with Crippen molar-refractivity contribution in [2.45, 2.75) is 24.8 Å². The number of H-pyrrole nitrogens is 1. The number of rotatable bonds is 7. The summed E-state index contributed by atoms with van der Waals surface area (Å²) in [6.45, 7) is 3.58. The van der Waals surface area contributed by atoms with Crippen LogP contribution in [0.25, 0.3) is 10.9 Å². The number of benzene rings is 2. The molecule has 8 heteroatoms. The summed E-state index contributed by atoms with van der Waals surface area (Å²) in [7, 11) is -2.37. The molecule has 0 radical (unpaired) electrons. The van der Waals surface area contributed by atoms with Gasteiger partial charge in [0.1, 0.15) is 11.8 Å². The molecule has 7 nitrogen and oxygen atoms in total. The molecule has 3 rings (SSSR count). The van der Waals surface area contributed by atoms with Gasteiger partial charge in [-0.3, -0.25) is 4.79 Å². The molecule has 1 amide bonds. The summed E-state index contributed by atoms with van der Waals surface area (Å²) in [5, 5.41) is 3.70. The summed E-state index contributed by atoms with van der Waals surface area (Å²) in [4.78, 5) is 16.0. The topological polar surface area (TPSA) is 100 Å². The number of aromatic amines is 1. The van der Waals surface area contributed by atoms with Gasteiger partial charge in [-0.05, 0) is 48.4 Å². The Bertz CT molecular complexity index is 1070. The van der Waals surface area contributed by atoms with Gasteiger partial charge < -0.3 is 15.0 Å². The average molecular weight is 401 g/mol. The Morgan fingerprint density at radius 3 is 2.43 bits per heavy atom. The average Bonchev–Trinajstić information content (AvgIpc) is 3.16. The number of aromatic nitrogens is 1. The first-order valence-electron chi connectivity index (χ1n) is 8.85. The Morgan fingerprint density at radius 2 is 1.79 bits per heavy atom. The first-order valence-corrected chi connectivity index (χ1v) is 10.3. The zero-order valence-corrected chi connectivity index (χ0v) is 16.7. The lowest BCUT2D eigenvalue weighted by Gasteiger charge is -2.22. The van der Waals surface area contributed by atoms with E-state index in [0.717, 1.165) is 10.9 Å². The van der Waals surface area contributed by atoms with Crippen LogP contribution in [0.3, 0.4) is 0 Å². The van der Waals surface area contributed by atoms with Crippen molar-refractivity contribution in [3.05, 3.63) is 54.7 Å². The van der Waals surface area contributed by atoms with E-state index in [4.69, 9.17) is 4.74 Å². The van der Waals surface area contributed by atoms with E-state index in [0.29, 0.717) is 11.4 Å². The smallest absolute Gasteiger partial charge is 0.242 e. The van der Waals surface area contributed by atoms with Crippen LogP contribution < -0.4 is 14.8 Å². The molecule has 3 aromatic rings. The minimum Gasteiger partial charge on any atom is -0.497 e. The molecule has 0 saturated carbocycles. The van der Waals surface area contributed by atoms with Gasteiger partial charge in [-0.25, -0.2) is 8.42 Å². The number of hydrogen-bond donors (Lipinski definition) is 3. The van der Waals surface area contributed by atoms with E-state index in [9.17, 15) is 13.2 Å². The molecular formula is C20H23N3O4S. The molecule has 1 heterocycles. The van der Waals surface area contributed by atoms with Crippen LogP contribution >= 0.6 is 0 Å². The molecule has 1 atom stereocenters. The van der Waals surface area contributed by atoms with E-state index in [2.05, 4.69) is 15.0 Å². The number of sulfonamides is 1. The number of amides is 1. The van der Waals surface area contributed by atoms with Crippen molar-refractivity contribution in [2.75, 3.05) is 12.4 Å². The normalized spacial score (nSPS) is 12.9. The molecule has 28 heavy (non-hydrogen) atoms. The van der Waals surface area contributed by atoms with Gasteiger partial charge in [-0.1, -0.05) is 19.9 Å². The van der Waals surface area contributed by atoms with E-state index in [-0.39, 0.29) is 10.8 Å². The predicted octanol–water partition coefficient (Wildman–Crippen LogP) is 3.12. The molecule has 3 N–H and O–H groups in total. The lowest BCUT2D eigenvalue weighted by Crippen LogP contribution is -2.47. The summed E-state index contributed by atoms with van der Waals surface area (Å²) in [5.41, 5.74) is 1.51. The highest BCUT2D eigenvalue weighted by molar-refractivity contribution is 7.89. The first-order chi connectivity index (χ1) is 13.3. The molecule has 0 aliphatic carbocycles. The van der Waals surface area contributed by atoms with E-state index in [1.165, 1.54) is 19.2 Å². The Kier molecular flexibility index (Phi) is 5.71. The third-order valence-electron chi connectivity index (χ3n) is 4.45. The maximum atomic E-state index is 12.9. The van der Waals surface area contributed by atoms with Gasteiger partial charge in [-0.2, -0.15) is 4.72 Å². The van der Waals surface area contributed by atoms with Crippen LogP contribution in [0.4, 0.5) is 5.69 Å². The maximum absolute atomic E-state index is 12.9. The third-order valence-corrected chi connectivity index (χ3v) is 5.91. The molecule has 148 valence electrons. The molecule has 0 aliphatic rings. The zero-order valence-electron chi connectivity index (χ0n) is 15.9. The van der Waals surface area contributed by atoms with Crippen molar-refractivity contribution in [3.63, 3.8) is 0 Å². The number of fused-ring (bicyclic) bond motifs is 1. The van der Waals surface area contributed by atoms with Crippen LogP contribution in [0.2, 0.25) is 0 Å². The van der Waals surface area contributed by atoms with Crippen molar-refractivity contribution in [2.24, 2.45) is 5.92 Å². The molecule has 0 spiro atoms. The third kappa shape index (κ3) is 4.18. The Balaban J connectivity index is 1.82. The summed E-state index contributed by atoms with van der Waals surface area (Å²) in [5.74, 6) is -0.115. The second-order valence-corrected chi connectivity index (χ2v) is 8.47. The van der Waals surface area contributed by atoms with Gasteiger partial charge in [0.05, 0.1) is 17.7 Å². The summed E-state index contributed by atoms with van der Waals surface area (Å²) in [6, 6.07) is 12.4. The molecule has 2 aromatic carbocycles. The van der Waals surface area contributed by atoms with E-state index in [1.807, 2.05) is 18.2 Å². The number of carbonyl (C=O) groups is 1. The van der Waals surface area contributed by atoms with Gasteiger partial charge in [0.2, 0.25) is 15.9 Å². The van der Waals surface area contributed by atoms with E-state index >= 15 is 0 Å². The predicted molar refractivity (Wildman–Crippen MR) is 109 cm³/mol. The SMILES string of the molecule is COc1ccc(S(=O)(=O)N[C@H](C(=O)Nc2cccc3[nH]ccc23)C(C)C)cc1. The highest BCUT2D eigenvalue weighted by atomic mass is 32.2. The Morgan fingerprint density at radius 1 is 1.07 bits per heavy atom. The first kappa shape index (κ1) is 19.9. The highest BCUT2D eigenvalue weighted by Crippen LogP contribution is 2.23. The number of methoxy groups -OCH3 is 1. The lowest BCUT2D eigenvalue weighted by molar-refractivity contribution is -0.118. The second-order valence-electron chi connectivity index (χ2n) is 6.75. The van der Waals surface area contributed by atoms with Crippen LogP contribution in [0.1, 0.15) is 13.8 Å². The van der Waals surface area contributed by atoms with Crippen LogP contribution in [-0.2, 0) is 14.8 Å². The number of anilines is 1. The highest BCUT2D eigenvalue weighted by Gasteiger charge is 2.28. The van der Waals surface area contributed by atoms with Crippen molar-refractivity contribution in [3.8, 4) is 5.75 Å². The van der Waals surface area contributed by atoms with Crippen LogP contribution in [0, 0.1) is 5.92 Å². The van der Waals surface area contributed by atoms with Crippen LogP contribution in [0.5, 0.6) is 5.75 Å². The maximum Gasteiger partial charge on any atom is 0.242 e. The second kappa shape index (κ2) is 8.04. The summed E-state index contributed by atoms with van der Waals surface area (Å²) >= 11 is 0. The van der Waals surface area contributed by atoms with Crippen molar-refractivity contribution >= 4 is 32.5 Å². The molecule has 0 bridgehead atoms. The Hall–Kier alpha value is -2.84. The number of carbonyl (C=O) groups excluding carboxylic acids is 1. The molecule has 0 fully saturated rings. The fraction of sp³-hybridized carbons (Fsp3) is 0.250. The number of ether oxygens (including phenoxy) is 1. The van der Waals surface area contributed by atoms with Crippen molar-refractivity contribution in [1.29, 1.82) is 0 Å². The van der Waals surface area contributed by atoms with Crippen molar-refractivity contribution in [1.82, 2.24) is 9.71 Å². The minimum absolute atomic E-state index is 0.0690. The lowest BCUT2D eigenvalue weighted by atomic mass is 10.0. The van der Waals surface area contributed by atoms with Crippen LogP contribution in [-0.4, -0.2) is 32.5 Å². The fourth-order valence-corrected chi connectivity index (χ4v) is 4.23. The van der Waals surface area contributed by atoms with Gasteiger partial charge >= 0.3 is 0 Å². The Labute approximate surface area is 164 Å². The van der Waals surface area contributed by atoms with E-state index < -0.39 is 22.0 Å². The van der Waals surface area contributed by atoms with Gasteiger partial charge in [-0.15, -0.1) is 0 Å². The zero-order chi connectivity index (χ0) is 20.3. The summed E-state index contributed by atoms with van der Waals surface area (Å²) in [6.07, 6.45) is 1.78. The fourth-order valence-electron chi connectivity index (χ4n) is 2.89. The molecule has 0 unspecified atom stereocenters.